The Kier molecular flexibility index (Phi) is 4.20. The summed E-state index contributed by atoms with van der Waals surface area (Å²) < 4.78 is 4.98. The summed E-state index contributed by atoms with van der Waals surface area (Å²) in [7, 11) is 0. The fourth-order valence-electron chi connectivity index (χ4n) is 1.07. The van der Waals surface area contributed by atoms with E-state index in [4.69, 9.17) is 38.2 Å². The smallest absolute Gasteiger partial charge is 0.344 e. The molecular weight excluding hydrogens is 271 g/mol. The first kappa shape index (κ1) is 13.6. The number of carboxylic acid groups (broad SMARTS) is 2. The van der Waals surface area contributed by atoms with Gasteiger partial charge in [-0.15, -0.1) is 0 Å². The van der Waals surface area contributed by atoms with E-state index in [1.54, 1.807) is 0 Å². The van der Waals surface area contributed by atoms with Gasteiger partial charge in [0.1, 0.15) is 5.56 Å². The molecule has 0 saturated carbocycles. The molecule has 17 heavy (non-hydrogen) atoms. The minimum Gasteiger partial charge on any atom is -0.479 e. The third-order valence-electron chi connectivity index (χ3n) is 1.88. The fraction of sp³-hybridized carbons (Fsp3) is 0.200. The Morgan fingerprint density at radius 2 is 1.88 bits per heavy atom. The highest BCUT2D eigenvalue weighted by Gasteiger charge is 2.21. The number of carboxylic acids is 2. The monoisotopic (exact) mass is 278 g/mol. The summed E-state index contributed by atoms with van der Waals surface area (Å²) in [6, 6.07) is 2.42. The number of carbonyl (C=O) groups is 2. The van der Waals surface area contributed by atoms with E-state index in [1.807, 2.05) is 0 Å². The van der Waals surface area contributed by atoms with Gasteiger partial charge in [-0.1, -0.05) is 23.2 Å². The molecule has 0 aliphatic heterocycles. The molecule has 7 heteroatoms. The lowest BCUT2D eigenvalue weighted by molar-refractivity contribution is -0.144. The molecule has 1 aromatic carbocycles. The Balaban J connectivity index is 3.21. The van der Waals surface area contributed by atoms with Crippen LogP contribution >= 0.6 is 23.2 Å². The van der Waals surface area contributed by atoms with Crippen molar-refractivity contribution >= 4 is 35.1 Å². The summed E-state index contributed by atoms with van der Waals surface area (Å²) in [5.41, 5.74) is -0.282. The van der Waals surface area contributed by atoms with Crippen LogP contribution in [0.2, 0.25) is 10.0 Å². The molecule has 92 valence electrons. The highest BCUT2D eigenvalue weighted by molar-refractivity contribution is 6.36. The number of hydrogen-bond donors (Lipinski definition) is 2. The number of aromatic carboxylic acids is 1. The first-order valence-corrected chi connectivity index (χ1v) is 5.20. The van der Waals surface area contributed by atoms with Crippen molar-refractivity contribution in [3.8, 4) is 5.75 Å². The zero-order valence-corrected chi connectivity index (χ0v) is 10.1. The van der Waals surface area contributed by atoms with Gasteiger partial charge in [0.05, 0.1) is 5.02 Å². The van der Waals surface area contributed by atoms with E-state index in [0.717, 1.165) is 6.07 Å². The van der Waals surface area contributed by atoms with Gasteiger partial charge in [-0.2, -0.15) is 0 Å². The van der Waals surface area contributed by atoms with Gasteiger partial charge in [-0.05, 0) is 19.1 Å². The van der Waals surface area contributed by atoms with Crippen molar-refractivity contribution < 1.29 is 24.5 Å². The molecule has 0 radical (unpaired) electrons. The maximum atomic E-state index is 10.9. The fourth-order valence-corrected chi connectivity index (χ4v) is 1.60. The third kappa shape index (κ3) is 3.25. The Morgan fingerprint density at radius 1 is 1.29 bits per heavy atom. The van der Waals surface area contributed by atoms with Gasteiger partial charge in [-0.25, -0.2) is 9.59 Å². The molecule has 0 aliphatic carbocycles. The summed E-state index contributed by atoms with van der Waals surface area (Å²) in [4.78, 5) is 21.6. The predicted octanol–water partition coefficient (Wildman–Crippen LogP) is 2.54. The van der Waals surface area contributed by atoms with E-state index >= 15 is 0 Å². The number of rotatable bonds is 4. The van der Waals surface area contributed by atoms with Crippen LogP contribution in [0.1, 0.15) is 17.3 Å². The van der Waals surface area contributed by atoms with Crippen LogP contribution in [0.5, 0.6) is 5.75 Å². The first-order chi connectivity index (χ1) is 7.82. The van der Waals surface area contributed by atoms with Crippen molar-refractivity contribution in [2.24, 2.45) is 0 Å². The summed E-state index contributed by atoms with van der Waals surface area (Å²) in [5.74, 6) is -2.74. The standard InChI is InChI=1S/C10H8Cl2O5/c1-4(9(13)14)17-8-6(10(15)16)2-5(11)3-7(8)12/h2-4H,1H3,(H,13,14)(H,15,16). The van der Waals surface area contributed by atoms with E-state index in [9.17, 15) is 9.59 Å². The van der Waals surface area contributed by atoms with Crippen LogP contribution < -0.4 is 4.74 Å². The number of hydrogen-bond acceptors (Lipinski definition) is 3. The zero-order valence-electron chi connectivity index (χ0n) is 8.61. The zero-order chi connectivity index (χ0) is 13.2. The topological polar surface area (TPSA) is 83.8 Å². The van der Waals surface area contributed by atoms with Gasteiger partial charge in [0, 0.05) is 5.02 Å². The van der Waals surface area contributed by atoms with E-state index in [1.165, 1.54) is 13.0 Å². The molecule has 0 fully saturated rings. The van der Waals surface area contributed by atoms with Crippen molar-refractivity contribution in [2.45, 2.75) is 13.0 Å². The van der Waals surface area contributed by atoms with Crippen LogP contribution in [0.4, 0.5) is 0 Å². The molecule has 5 nitrogen and oxygen atoms in total. The van der Waals surface area contributed by atoms with Crippen LogP contribution in [-0.2, 0) is 4.79 Å². The normalized spacial score (nSPS) is 11.9. The molecule has 1 atom stereocenters. The van der Waals surface area contributed by atoms with Crippen LogP contribution in [0, 0.1) is 0 Å². The molecule has 0 spiro atoms. The van der Waals surface area contributed by atoms with Crippen molar-refractivity contribution in [2.75, 3.05) is 0 Å². The van der Waals surface area contributed by atoms with Crippen LogP contribution in [-0.4, -0.2) is 28.3 Å². The van der Waals surface area contributed by atoms with Gasteiger partial charge < -0.3 is 14.9 Å². The molecule has 1 rings (SSSR count). The van der Waals surface area contributed by atoms with E-state index < -0.39 is 18.0 Å². The van der Waals surface area contributed by atoms with Crippen molar-refractivity contribution in [3.05, 3.63) is 27.7 Å². The number of aliphatic carboxylic acids is 1. The summed E-state index contributed by atoms with van der Waals surface area (Å²) in [6.07, 6.45) is -1.22. The third-order valence-corrected chi connectivity index (χ3v) is 2.38. The minimum absolute atomic E-state index is 0.0528. The second-order valence-corrected chi connectivity index (χ2v) is 4.01. The summed E-state index contributed by atoms with van der Waals surface area (Å²) in [5, 5.41) is 17.7. The predicted molar refractivity (Wildman–Crippen MR) is 61.1 cm³/mol. The Bertz CT molecular complexity index is 472. The highest BCUT2D eigenvalue weighted by Crippen LogP contribution is 2.33. The van der Waals surface area contributed by atoms with E-state index in [2.05, 4.69) is 0 Å². The molecular formula is C10H8Cl2O5. The van der Waals surface area contributed by atoms with Gasteiger partial charge >= 0.3 is 11.9 Å². The maximum absolute atomic E-state index is 10.9. The SMILES string of the molecule is CC(Oc1c(Cl)cc(Cl)cc1C(=O)O)C(=O)O. The second-order valence-electron chi connectivity index (χ2n) is 3.17. The summed E-state index contributed by atoms with van der Waals surface area (Å²) in [6.45, 7) is 1.26. The molecule has 0 heterocycles. The molecule has 0 aliphatic rings. The van der Waals surface area contributed by atoms with E-state index in [-0.39, 0.29) is 21.4 Å². The lowest BCUT2D eigenvalue weighted by Crippen LogP contribution is -2.24. The minimum atomic E-state index is -1.30. The van der Waals surface area contributed by atoms with Gasteiger partial charge in [0.25, 0.3) is 0 Å². The lowest BCUT2D eigenvalue weighted by Gasteiger charge is -2.14. The maximum Gasteiger partial charge on any atom is 0.344 e. The Hall–Kier alpha value is -1.46. The number of benzene rings is 1. The summed E-state index contributed by atoms with van der Waals surface area (Å²) >= 11 is 11.4. The molecule has 1 unspecified atom stereocenters. The van der Waals surface area contributed by atoms with Gasteiger partial charge in [0.15, 0.2) is 11.9 Å². The molecule has 0 bridgehead atoms. The Labute approximate surface area is 107 Å². The van der Waals surface area contributed by atoms with Crippen LogP contribution in [0.25, 0.3) is 0 Å². The average Bonchev–Trinajstić information content (AvgIpc) is 2.20. The second kappa shape index (κ2) is 5.25. The largest absolute Gasteiger partial charge is 0.479 e. The molecule has 0 aromatic heterocycles. The molecule has 1 aromatic rings. The number of halogens is 2. The Morgan fingerprint density at radius 3 is 2.35 bits per heavy atom. The van der Waals surface area contributed by atoms with Gasteiger partial charge in [0.2, 0.25) is 0 Å². The lowest BCUT2D eigenvalue weighted by atomic mass is 10.2. The van der Waals surface area contributed by atoms with Crippen molar-refractivity contribution in [3.63, 3.8) is 0 Å². The highest BCUT2D eigenvalue weighted by atomic mass is 35.5. The van der Waals surface area contributed by atoms with Crippen molar-refractivity contribution in [1.82, 2.24) is 0 Å². The first-order valence-electron chi connectivity index (χ1n) is 4.44. The van der Waals surface area contributed by atoms with Crippen LogP contribution in [0.3, 0.4) is 0 Å². The van der Waals surface area contributed by atoms with E-state index in [0.29, 0.717) is 0 Å². The molecule has 0 saturated heterocycles. The average molecular weight is 279 g/mol. The van der Waals surface area contributed by atoms with Crippen LogP contribution in [0.15, 0.2) is 12.1 Å². The van der Waals surface area contributed by atoms with Crippen molar-refractivity contribution in [1.29, 1.82) is 0 Å². The molecule has 0 amide bonds. The molecule has 2 N–H and O–H groups in total. The number of ether oxygens (including phenoxy) is 1. The van der Waals surface area contributed by atoms with Gasteiger partial charge in [-0.3, -0.25) is 0 Å². The quantitative estimate of drug-likeness (QED) is 0.884.